The van der Waals surface area contributed by atoms with Gasteiger partial charge in [-0.1, -0.05) is 13.8 Å². The van der Waals surface area contributed by atoms with Gasteiger partial charge >= 0.3 is 0 Å². The monoisotopic (exact) mass is 286 g/mol. The molecule has 4 rings (SSSR count). The maximum Gasteiger partial charge on any atom is 0.0569 e. The minimum Gasteiger partial charge on any atom is -0.380 e. The van der Waals surface area contributed by atoms with E-state index in [-0.39, 0.29) is 0 Å². The number of aromatic nitrogens is 1. The van der Waals surface area contributed by atoms with Crippen LogP contribution in [0.15, 0.2) is 12.3 Å². The Morgan fingerprint density at radius 1 is 1.38 bits per heavy atom. The van der Waals surface area contributed by atoms with Gasteiger partial charge in [0.25, 0.3) is 0 Å². The van der Waals surface area contributed by atoms with Crippen LogP contribution >= 0.6 is 0 Å². The molecule has 0 amide bonds. The zero-order chi connectivity index (χ0) is 14.4. The Hall–Kier alpha value is -0.930. The molecule has 1 aromatic heterocycles. The summed E-state index contributed by atoms with van der Waals surface area (Å²) in [6, 6.07) is 2.98. The number of hydrogen-bond donors (Lipinski definition) is 0. The van der Waals surface area contributed by atoms with Crippen LogP contribution in [0.25, 0.3) is 0 Å². The Bertz CT molecular complexity index is 528. The first kappa shape index (κ1) is 13.7. The van der Waals surface area contributed by atoms with E-state index in [4.69, 9.17) is 4.74 Å². The lowest BCUT2D eigenvalue weighted by molar-refractivity contribution is -0.199. The first-order valence-corrected chi connectivity index (χ1v) is 8.43. The highest BCUT2D eigenvalue weighted by molar-refractivity contribution is 5.33. The molecule has 2 saturated heterocycles. The minimum absolute atomic E-state index is 0.538. The van der Waals surface area contributed by atoms with E-state index in [1.807, 2.05) is 6.20 Å². The van der Waals surface area contributed by atoms with Gasteiger partial charge in [-0.15, -0.1) is 0 Å². The van der Waals surface area contributed by atoms with Crippen LogP contribution in [0, 0.1) is 11.3 Å². The predicted molar refractivity (Wildman–Crippen MR) is 83.4 cm³/mol. The lowest BCUT2D eigenvalue weighted by atomic mass is 9.75. The molecule has 1 aromatic rings. The smallest absolute Gasteiger partial charge is 0.0569 e. The van der Waals surface area contributed by atoms with Crippen LogP contribution in [0.4, 0.5) is 0 Å². The van der Waals surface area contributed by atoms with Crippen molar-refractivity contribution >= 4 is 0 Å². The van der Waals surface area contributed by atoms with Crippen LogP contribution in [0.2, 0.25) is 0 Å². The molecule has 3 nitrogen and oxygen atoms in total. The van der Waals surface area contributed by atoms with Gasteiger partial charge in [0.15, 0.2) is 0 Å². The maximum atomic E-state index is 5.40. The largest absolute Gasteiger partial charge is 0.380 e. The fraction of sp³-hybridized carbons (Fsp3) is 0.722. The van der Waals surface area contributed by atoms with Crippen LogP contribution in [0.3, 0.4) is 0 Å². The van der Waals surface area contributed by atoms with E-state index in [2.05, 4.69) is 29.8 Å². The molecule has 114 valence electrons. The maximum absolute atomic E-state index is 5.40. The normalized spacial score (nSPS) is 27.3. The highest BCUT2D eigenvalue weighted by Crippen LogP contribution is 2.41. The third kappa shape index (κ3) is 2.40. The topological polar surface area (TPSA) is 25.4 Å². The number of rotatable bonds is 3. The molecule has 1 spiro atoms. The lowest BCUT2D eigenvalue weighted by Gasteiger charge is -2.58. The molecule has 3 heterocycles. The molecule has 1 atom stereocenters. The number of aryl methyl sites for hydroxylation is 1. The van der Waals surface area contributed by atoms with Crippen molar-refractivity contribution in [2.45, 2.75) is 45.6 Å². The predicted octanol–water partition coefficient (Wildman–Crippen LogP) is 2.47. The molecule has 1 unspecified atom stereocenters. The lowest BCUT2D eigenvalue weighted by Crippen LogP contribution is -2.68. The SMILES string of the molecule is CC(C)Cc1ccnc2c1CC(N1CC3(COC3)C1)CC2. The highest BCUT2D eigenvalue weighted by Gasteiger charge is 2.50. The fourth-order valence-corrected chi connectivity index (χ4v) is 4.28. The van der Waals surface area contributed by atoms with Crippen LogP contribution in [-0.2, 0) is 24.0 Å². The van der Waals surface area contributed by atoms with Gasteiger partial charge < -0.3 is 4.74 Å². The molecule has 0 bridgehead atoms. The number of likely N-dealkylation sites (tertiary alicyclic amines) is 1. The molecule has 1 aliphatic carbocycles. The average molecular weight is 286 g/mol. The second kappa shape index (κ2) is 5.06. The summed E-state index contributed by atoms with van der Waals surface area (Å²) in [7, 11) is 0. The Kier molecular flexibility index (Phi) is 3.31. The summed E-state index contributed by atoms with van der Waals surface area (Å²) >= 11 is 0. The summed E-state index contributed by atoms with van der Waals surface area (Å²) in [4.78, 5) is 7.33. The number of nitrogens with zero attached hydrogens (tertiary/aromatic N) is 2. The first-order chi connectivity index (χ1) is 10.2. The third-order valence-corrected chi connectivity index (χ3v) is 5.43. The summed E-state index contributed by atoms with van der Waals surface area (Å²) < 4.78 is 5.40. The van der Waals surface area contributed by atoms with Gasteiger partial charge in [-0.2, -0.15) is 0 Å². The van der Waals surface area contributed by atoms with E-state index < -0.39 is 0 Å². The number of pyridine rings is 1. The second-order valence-corrected chi connectivity index (χ2v) is 7.79. The summed E-state index contributed by atoms with van der Waals surface area (Å²) in [5, 5.41) is 0. The Morgan fingerprint density at radius 3 is 2.86 bits per heavy atom. The van der Waals surface area contributed by atoms with E-state index in [9.17, 15) is 0 Å². The first-order valence-electron chi connectivity index (χ1n) is 8.43. The molecular formula is C18H26N2O. The van der Waals surface area contributed by atoms with Gasteiger partial charge in [0, 0.05) is 36.4 Å². The van der Waals surface area contributed by atoms with Crippen molar-refractivity contribution in [3.8, 4) is 0 Å². The molecule has 3 heteroatoms. The van der Waals surface area contributed by atoms with E-state index in [0.717, 1.165) is 31.6 Å². The van der Waals surface area contributed by atoms with E-state index >= 15 is 0 Å². The molecule has 21 heavy (non-hydrogen) atoms. The Morgan fingerprint density at radius 2 is 2.19 bits per heavy atom. The average Bonchev–Trinajstić information content (AvgIpc) is 2.35. The second-order valence-electron chi connectivity index (χ2n) is 7.79. The summed E-state index contributed by atoms with van der Waals surface area (Å²) in [6.45, 7) is 9.12. The van der Waals surface area contributed by atoms with Crippen molar-refractivity contribution in [3.63, 3.8) is 0 Å². The van der Waals surface area contributed by atoms with Crippen LogP contribution < -0.4 is 0 Å². The zero-order valence-corrected chi connectivity index (χ0v) is 13.3. The molecule has 2 fully saturated rings. The van der Waals surface area contributed by atoms with Crippen molar-refractivity contribution < 1.29 is 4.74 Å². The fourth-order valence-electron chi connectivity index (χ4n) is 4.28. The number of ether oxygens (including phenoxy) is 1. The number of hydrogen-bond acceptors (Lipinski definition) is 3. The molecule has 0 radical (unpaired) electrons. The van der Waals surface area contributed by atoms with E-state index in [1.165, 1.54) is 38.0 Å². The molecule has 3 aliphatic rings. The Balaban J connectivity index is 1.48. The molecule has 0 aromatic carbocycles. The van der Waals surface area contributed by atoms with Gasteiger partial charge in [-0.05, 0) is 48.8 Å². The van der Waals surface area contributed by atoms with Crippen molar-refractivity contribution in [2.24, 2.45) is 11.3 Å². The van der Waals surface area contributed by atoms with Crippen molar-refractivity contribution in [1.82, 2.24) is 9.88 Å². The molecule has 0 N–H and O–H groups in total. The highest BCUT2D eigenvalue weighted by atomic mass is 16.5. The summed E-state index contributed by atoms with van der Waals surface area (Å²) in [6.07, 6.45) is 6.85. The van der Waals surface area contributed by atoms with E-state index in [1.54, 1.807) is 11.1 Å². The van der Waals surface area contributed by atoms with Crippen LogP contribution in [0.1, 0.15) is 37.1 Å². The van der Waals surface area contributed by atoms with Gasteiger partial charge in [0.05, 0.1) is 13.2 Å². The van der Waals surface area contributed by atoms with Crippen LogP contribution in [0.5, 0.6) is 0 Å². The molecule has 2 aliphatic heterocycles. The van der Waals surface area contributed by atoms with E-state index in [0.29, 0.717) is 5.41 Å². The third-order valence-electron chi connectivity index (χ3n) is 5.43. The van der Waals surface area contributed by atoms with Crippen LogP contribution in [-0.4, -0.2) is 42.2 Å². The van der Waals surface area contributed by atoms with Gasteiger partial charge in [0.1, 0.15) is 0 Å². The Labute approximate surface area is 127 Å². The van der Waals surface area contributed by atoms with Gasteiger partial charge in [0.2, 0.25) is 0 Å². The summed E-state index contributed by atoms with van der Waals surface area (Å²) in [5.41, 5.74) is 5.01. The molecular weight excluding hydrogens is 260 g/mol. The zero-order valence-electron chi connectivity index (χ0n) is 13.3. The van der Waals surface area contributed by atoms with Crippen molar-refractivity contribution in [2.75, 3.05) is 26.3 Å². The minimum atomic E-state index is 0.538. The molecule has 0 saturated carbocycles. The quantitative estimate of drug-likeness (QED) is 0.853. The van der Waals surface area contributed by atoms with Gasteiger partial charge in [-0.25, -0.2) is 0 Å². The van der Waals surface area contributed by atoms with Crippen molar-refractivity contribution in [3.05, 3.63) is 29.1 Å². The summed E-state index contributed by atoms with van der Waals surface area (Å²) in [5.74, 6) is 0.719. The number of fused-ring (bicyclic) bond motifs is 1. The van der Waals surface area contributed by atoms with Crippen molar-refractivity contribution in [1.29, 1.82) is 0 Å². The standard InChI is InChI=1S/C18H26N2O/c1-13(2)7-14-5-6-19-17-4-3-15(8-16(14)17)20-9-18(10-20)11-21-12-18/h5-6,13,15H,3-4,7-12H2,1-2H3. The van der Waals surface area contributed by atoms with Gasteiger partial charge in [-0.3, -0.25) is 9.88 Å².